The molecule has 0 heteroatoms. The van der Waals surface area contributed by atoms with Gasteiger partial charge in [-0.05, 0) is 119 Å². The third kappa shape index (κ3) is 9.79. The molecule has 2 rings (SSSR count). The summed E-state index contributed by atoms with van der Waals surface area (Å²) in [5, 5.41) is 0. The second-order valence-corrected chi connectivity index (χ2v) is 15.8. The van der Waals surface area contributed by atoms with Gasteiger partial charge in [0.15, 0.2) is 0 Å². The molecule has 0 atom stereocenters. The minimum atomic E-state index is -0.0400. The van der Waals surface area contributed by atoms with Crippen LogP contribution in [0, 0.1) is 35.5 Å². The summed E-state index contributed by atoms with van der Waals surface area (Å²) in [6.07, 6.45) is 7.05. The summed E-state index contributed by atoms with van der Waals surface area (Å²) < 4.78 is 0. The van der Waals surface area contributed by atoms with Crippen LogP contribution in [0.2, 0.25) is 0 Å². The fraction of sp³-hybridized carbons (Fsp3) is 0.692. The van der Waals surface area contributed by atoms with Crippen molar-refractivity contribution >= 4 is 0 Å². The van der Waals surface area contributed by atoms with Crippen molar-refractivity contribution in [3.8, 4) is 0 Å². The Bertz CT molecular complexity index is 896. The number of hydrogen-bond donors (Lipinski definition) is 0. The van der Waals surface area contributed by atoms with Gasteiger partial charge in [0.2, 0.25) is 0 Å². The van der Waals surface area contributed by atoms with E-state index in [2.05, 4.69) is 121 Å². The molecule has 0 amide bonds. The summed E-state index contributed by atoms with van der Waals surface area (Å²) in [5.41, 5.74) is 12.6. The Morgan fingerprint density at radius 3 is 0.769 bits per heavy atom. The maximum atomic E-state index is 2.60. The van der Waals surface area contributed by atoms with E-state index in [9.17, 15) is 0 Å². The van der Waals surface area contributed by atoms with Crippen LogP contribution >= 0.6 is 0 Å². The van der Waals surface area contributed by atoms with Gasteiger partial charge >= 0.3 is 0 Å². The molecule has 0 saturated heterocycles. The lowest BCUT2D eigenvalue weighted by Gasteiger charge is -2.32. The van der Waals surface area contributed by atoms with Crippen molar-refractivity contribution in [2.45, 2.75) is 141 Å². The number of benzene rings is 2. The van der Waals surface area contributed by atoms with Gasteiger partial charge < -0.3 is 0 Å². The molecule has 0 aromatic heterocycles. The summed E-state index contributed by atoms with van der Waals surface area (Å²) in [5.74, 6) is 3.98. The van der Waals surface area contributed by atoms with Gasteiger partial charge in [0, 0.05) is 5.41 Å². The van der Waals surface area contributed by atoms with E-state index in [0.29, 0.717) is 35.5 Å². The highest BCUT2D eigenvalue weighted by molar-refractivity contribution is 5.50. The summed E-state index contributed by atoms with van der Waals surface area (Å²) in [4.78, 5) is 0. The molecule has 0 spiro atoms. The molecule has 0 aliphatic heterocycles. The fourth-order valence-electron chi connectivity index (χ4n) is 6.31. The molecule has 2 aromatic rings. The lowest BCUT2D eigenvalue weighted by atomic mass is 9.72. The van der Waals surface area contributed by atoms with Crippen LogP contribution in [-0.2, 0) is 43.9 Å². The molecule has 0 aliphatic rings. The van der Waals surface area contributed by atoms with Crippen molar-refractivity contribution in [2.24, 2.45) is 35.5 Å². The molecule has 220 valence electrons. The second kappa shape index (κ2) is 14.4. The van der Waals surface area contributed by atoms with E-state index in [4.69, 9.17) is 0 Å². The van der Waals surface area contributed by atoms with Gasteiger partial charge in [0.25, 0.3) is 0 Å². The SMILES string of the molecule is CC(C)Cc1cc(C(C)(C)c2cc(CC(C)C)c(CC(C)C)c(CC(C)C)c2)cc(CC(C)C)c1CC(C)C. The van der Waals surface area contributed by atoms with Crippen LogP contribution in [0.15, 0.2) is 24.3 Å². The molecule has 0 N–H and O–H groups in total. The Hall–Kier alpha value is -1.56. The van der Waals surface area contributed by atoms with Gasteiger partial charge in [-0.1, -0.05) is 121 Å². The van der Waals surface area contributed by atoms with Crippen molar-refractivity contribution < 1.29 is 0 Å². The quantitative estimate of drug-likeness (QED) is 0.227. The predicted octanol–water partition coefficient (Wildman–Crippen LogP) is 11.2. The van der Waals surface area contributed by atoms with Crippen LogP contribution in [0.3, 0.4) is 0 Å². The first-order valence-electron chi connectivity index (χ1n) is 16.3. The van der Waals surface area contributed by atoms with Crippen LogP contribution < -0.4 is 0 Å². The molecule has 0 radical (unpaired) electrons. The largest absolute Gasteiger partial charge is 0.0625 e. The van der Waals surface area contributed by atoms with E-state index in [1.807, 2.05) is 0 Å². The Labute approximate surface area is 244 Å². The smallest absolute Gasteiger partial charge is 0.0146 e. The lowest BCUT2D eigenvalue weighted by molar-refractivity contribution is 0.579. The molecule has 0 unspecified atom stereocenters. The molecule has 0 bridgehead atoms. The maximum Gasteiger partial charge on any atom is 0.0146 e. The zero-order chi connectivity index (χ0) is 29.7. The van der Waals surface area contributed by atoms with Gasteiger partial charge in [0.05, 0.1) is 0 Å². The zero-order valence-corrected chi connectivity index (χ0v) is 28.5. The molecule has 0 heterocycles. The van der Waals surface area contributed by atoms with Crippen LogP contribution in [0.1, 0.15) is 141 Å². The summed E-state index contributed by atoms with van der Waals surface area (Å²) in [6, 6.07) is 10.4. The topological polar surface area (TPSA) is 0 Å². The second-order valence-electron chi connectivity index (χ2n) is 15.8. The van der Waals surface area contributed by atoms with E-state index >= 15 is 0 Å². The fourth-order valence-corrected chi connectivity index (χ4v) is 6.31. The van der Waals surface area contributed by atoms with E-state index in [1.165, 1.54) is 49.7 Å². The first-order chi connectivity index (χ1) is 18.0. The Balaban J connectivity index is 2.83. The summed E-state index contributed by atoms with van der Waals surface area (Å²) in [6.45, 7) is 33.5. The molecular formula is C39H64. The van der Waals surface area contributed by atoms with Crippen LogP contribution in [0.25, 0.3) is 0 Å². The average molecular weight is 533 g/mol. The van der Waals surface area contributed by atoms with Gasteiger partial charge in [-0.25, -0.2) is 0 Å². The summed E-state index contributed by atoms with van der Waals surface area (Å²) >= 11 is 0. The third-order valence-corrected chi connectivity index (χ3v) is 8.05. The summed E-state index contributed by atoms with van der Waals surface area (Å²) in [7, 11) is 0. The highest BCUT2D eigenvalue weighted by atomic mass is 14.3. The first kappa shape index (κ1) is 33.6. The van der Waals surface area contributed by atoms with E-state index in [1.54, 1.807) is 33.4 Å². The monoisotopic (exact) mass is 533 g/mol. The number of hydrogen-bond acceptors (Lipinski definition) is 0. The zero-order valence-electron chi connectivity index (χ0n) is 28.5. The Morgan fingerprint density at radius 2 is 0.590 bits per heavy atom. The van der Waals surface area contributed by atoms with Crippen molar-refractivity contribution in [2.75, 3.05) is 0 Å². The van der Waals surface area contributed by atoms with Gasteiger partial charge in [-0.15, -0.1) is 0 Å². The molecule has 0 fully saturated rings. The molecule has 0 nitrogen and oxygen atoms in total. The van der Waals surface area contributed by atoms with Crippen LogP contribution in [-0.4, -0.2) is 0 Å². The van der Waals surface area contributed by atoms with Crippen molar-refractivity contribution in [1.82, 2.24) is 0 Å². The van der Waals surface area contributed by atoms with Crippen LogP contribution in [0.4, 0.5) is 0 Å². The van der Waals surface area contributed by atoms with Gasteiger partial charge in [-0.2, -0.15) is 0 Å². The molecule has 39 heavy (non-hydrogen) atoms. The average Bonchev–Trinajstić information content (AvgIpc) is 2.75. The Morgan fingerprint density at radius 1 is 0.385 bits per heavy atom. The highest BCUT2D eigenvalue weighted by Gasteiger charge is 2.28. The molecule has 0 aliphatic carbocycles. The minimum Gasteiger partial charge on any atom is -0.0625 e. The minimum absolute atomic E-state index is 0.0400. The molecule has 0 saturated carbocycles. The van der Waals surface area contributed by atoms with E-state index in [-0.39, 0.29) is 5.41 Å². The lowest BCUT2D eigenvalue weighted by Crippen LogP contribution is -2.23. The maximum absolute atomic E-state index is 2.60. The molecule has 2 aromatic carbocycles. The standard InChI is InChI=1S/C39H64/c1-25(2)15-31-21-35(22-32(16-26(3)4)37(31)19-29(9)10)39(13,14)36-23-33(17-27(5)6)38(20-30(11)12)34(24-36)18-28(7)8/h21-30H,15-20H2,1-14H3. The van der Waals surface area contributed by atoms with E-state index < -0.39 is 0 Å². The first-order valence-corrected chi connectivity index (χ1v) is 16.3. The van der Waals surface area contributed by atoms with Crippen molar-refractivity contribution in [3.63, 3.8) is 0 Å². The van der Waals surface area contributed by atoms with Crippen molar-refractivity contribution in [3.05, 3.63) is 68.8 Å². The number of rotatable bonds is 14. The Kier molecular flexibility index (Phi) is 12.4. The van der Waals surface area contributed by atoms with Crippen molar-refractivity contribution in [1.29, 1.82) is 0 Å². The molecular weight excluding hydrogens is 468 g/mol. The van der Waals surface area contributed by atoms with E-state index in [0.717, 1.165) is 0 Å². The van der Waals surface area contributed by atoms with Gasteiger partial charge in [0.1, 0.15) is 0 Å². The third-order valence-electron chi connectivity index (χ3n) is 8.05. The predicted molar refractivity (Wildman–Crippen MR) is 176 cm³/mol. The van der Waals surface area contributed by atoms with Gasteiger partial charge in [-0.3, -0.25) is 0 Å². The highest BCUT2D eigenvalue weighted by Crippen LogP contribution is 2.39. The normalized spacial score (nSPS) is 12.8. The van der Waals surface area contributed by atoms with Crippen LogP contribution in [0.5, 0.6) is 0 Å².